The zero-order valence-corrected chi connectivity index (χ0v) is 22.8. The molecule has 0 unspecified atom stereocenters. The number of nitrogens with zero attached hydrogens (tertiary/aromatic N) is 3. The van der Waals surface area contributed by atoms with Crippen molar-refractivity contribution in [3.63, 3.8) is 0 Å². The number of amides is 1. The van der Waals surface area contributed by atoms with Crippen LogP contribution in [0, 0.1) is 0 Å². The van der Waals surface area contributed by atoms with Gasteiger partial charge in [0.15, 0.2) is 16.6 Å². The topological polar surface area (TPSA) is 82.6 Å². The van der Waals surface area contributed by atoms with Crippen molar-refractivity contribution >= 4 is 32.6 Å². The molecule has 0 aliphatic carbocycles. The molecule has 3 aromatic rings. The lowest BCUT2D eigenvalue weighted by molar-refractivity contribution is 0.0376. The number of methoxy groups -OCH3 is 2. The van der Waals surface area contributed by atoms with Crippen LogP contribution in [0.5, 0.6) is 23.0 Å². The molecule has 1 aliphatic heterocycles. The van der Waals surface area contributed by atoms with Crippen molar-refractivity contribution in [2.24, 2.45) is 0 Å². The quantitative estimate of drug-likeness (QED) is 0.340. The summed E-state index contributed by atoms with van der Waals surface area (Å²) in [6.07, 6.45) is 0.797. The molecule has 200 valence electrons. The van der Waals surface area contributed by atoms with Crippen LogP contribution in [0.2, 0.25) is 0 Å². The number of anilines is 1. The Balaban J connectivity index is 1.68. The normalized spacial score (nSPS) is 13.9. The number of rotatable bonds is 12. The van der Waals surface area contributed by atoms with E-state index >= 15 is 0 Å². The first-order valence-electron chi connectivity index (χ1n) is 12.6. The Hall–Kier alpha value is -3.08. The molecule has 0 radical (unpaired) electrons. The highest BCUT2D eigenvalue weighted by Crippen LogP contribution is 2.40. The van der Waals surface area contributed by atoms with E-state index in [-0.39, 0.29) is 5.91 Å². The molecule has 1 aromatic heterocycles. The lowest BCUT2D eigenvalue weighted by atomic mass is 10.1. The number of thiazole rings is 1. The van der Waals surface area contributed by atoms with Gasteiger partial charge >= 0.3 is 0 Å². The Labute approximate surface area is 221 Å². The van der Waals surface area contributed by atoms with Gasteiger partial charge in [0.2, 0.25) is 0 Å². The van der Waals surface area contributed by atoms with Gasteiger partial charge in [-0.25, -0.2) is 4.98 Å². The van der Waals surface area contributed by atoms with E-state index in [1.807, 2.05) is 26.0 Å². The minimum absolute atomic E-state index is 0.150. The van der Waals surface area contributed by atoms with E-state index in [1.165, 1.54) is 11.3 Å². The molecule has 0 saturated carbocycles. The van der Waals surface area contributed by atoms with Gasteiger partial charge in [0.25, 0.3) is 5.91 Å². The van der Waals surface area contributed by atoms with E-state index in [4.69, 9.17) is 28.7 Å². The van der Waals surface area contributed by atoms with E-state index in [9.17, 15) is 4.79 Å². The van der Waals surface area contributed by atoms with E-state index in [2.05, 4.69) is 4.90 Å². The third-order valence-electron chi connectivity index (χ3n) is 6.13. The smallest absolute Gasteiger partial charge is 0.260 e. The van der Waals surface area contributed by atoms with Gasteiger partial charge in [0.1, 0.15) is 21.7 Å². The van der Waals surface area contributed by atoms with Crippen molar-refractivity contribution in [2.45, 2.75) is 20.3 Å². The van der Waals surface area contributed by atoms with Gasteiger partial charge in [-0.05, 0) is 50.6 Å². The van der Waals surface area contributed by atoms with Crippen LogP contribution in [0.15, 0.2) is 30.3 Å². The molecule has 2 heterocycles. The average Bonchev–Trinajstić information content (AvgIpc) is 3.37. The lowest BCUT2D eigenvalue weighted by Crippen LogP contribution is -2.39. The number of aromatic nitrogens is 1. The molecule has 9 nitrogen and oxygen atoms in total. The molecule has 10 heteroatoms. The van der Waals surface area contributed by atoms with Gasteiger partial charge in [0, 0.05) is 31.7 Å². The van der Waals surface area contributed by atoms with Gasteiger partial charge in [0.05, 0.1) is 40.6 Å². The fourth-order valence-corrected chi connectivity index (χ4v) is 5.39. The molecule has 0 spiro atoms. The van der Waals surface area contributed by atoms with E-state index < -0.39 is 0 Å². The number of ether oxygens (including phenoxy) is 5. The van der Waals surface area contributed by atoms with Crippen LogP contribution in [-0.4, -0.2) is 82.6 Å². The van der Waals surface area contributed by atoms with Crippen molar-refractivity contribution in [2.75, 3.05) is 71.7 Å². The molecule has 0 N–H and O–H groups in total. The first kappa shape index (κ1) is 27.0. The molecular formula is C27H35N3O6S. The number of benzene rings is 2. The number of hydrogen-bond acceptors (Lipinski definition) is 9. The fraction of sp³-hybridized carbons (Fsp3) is 0.481. The Bertz CT molecular complexity index is 1150. The largest absolute Gasteiger partial charge is 0.495 e. The second kappa shape index (κ2) is 12.9. The summed E-state index contributed by atoms with van der Waals surface area (Å²) in [7, 11) is 3.24. The van der Waals surface area contributed by atoms with Crippen LogP contribution in [0.3, 0.4) is 0 Å². The summed E-state index contributed by atoms with van der Waals surface area (Å²) in [4.78, 5) is 22.9. The molecule has 2 aromatic carbocycles. The molecule has 1 amide bonds. The maximum absolute atomic E-state index is 13.9. The lowest BCUT2D eigenvalue weighted by Gasteiger charge is -2.27. The summed E-state index contributed by atoms with van der Waals surface area (Å²) < 4.78 is 28.9. The molecule has 1 saturated heterocycles. The Morgan fingerprint density at radius 1 is 1.00 bits per heavy atom. The van der Waals surface area contributed by atoms with E-state index in [1.54, 1.807) is 37.3 Å². The van der Waals surface area contributed by atoms with Crippen molar-refractivity contribution < 1.29 is 28.5 Å². The summed E-state index contributed by atoms with van der Waals surface area (Å²) in [5.74, 6) is 2.35. The molecular weight excluding hydrogens is 494 g/mol. The van der Waals surface area contributed by atoms with E-state index in [0.29, 0.717) is 59.0 Å². The first-order chi connectivity index (χ1) is 18.1. The van der Waals surface area contributed by atoms with Gasteiger partial charge in [-0.1, -0.05) is 11.3 Å². The summed E-state index contributed by atoms with van der Waals surface area (Å²) in [6, 6.07) is 9.00. The molecule has 37 heavy (non-hydrogen) atoms. The molecule has 1 fully saturated rings. The number of hydrogen-bond donors (Lipinski definition) is 0. The summed E-state index contributed by atoms with van der Waals surface area (Å²) >= 11 is 1.42. The van der Waals surface area contributed by atoms with Gasteiger partial charge < -0.3 is 23.7 Å². The zero-order chi connectivity index (χ0) is 26.2. The van der Waals surface area contributed by atoms with Crippen LogP contribution < -0.4 is 23.8 Å². The third kappa shape index (κ3) is 6.26. The van der Waals surface area contributed by atoms with Gasteiger partial charge in [-0.2, -0.15) is 0 Å². The second-order valence-corrected chi connectivity index (χ2v) is 9.41. The molecule has 0 bridgehead atoms. The summed E-state index contributed by atoms with van der Waals surface area (Å²) in [6.45, 7) is 9.48. The molecule has 4 rings (SSSR count). The maximum Gasteiger partial charge on any atom is 0.260 e. The standard InChI is InChI=1S/C27H35N3O6S/c1-5-35-20-9-8-19(18-23(20)36-6-2)26(31)30(13-7-12-29-14-16-34-17-15-29)27-28-24-21(32-3)10-11-22(33-4)25(24)37-27/h8-11,18H,5-7,12-17H2,1-4H3. The van der Waals surface area contributed by atoms with Crippen LogP contribution in [-0.2, 0) is 4.74 Å². The maximum atomic E-state index is 13.9. The van der Waals surface area contributed by atoms with E-state index in [0.717, 1.165) is 44.0 Å². The minimum atomic E-state index is -0.150. The Kier molecular flexibility index (Phi) is 9.43. The highest BCUT2D eigenvalue weighted by molar-refractivity contribution is 7.22. The van der Waals surface area contributed by atoms with Crippen molar-refractivity contribution in [1.29, 1.82) is 0 Å². The Morgan fingerprint density at radius 3 is 2.38 bits per heavy atom. The third-order valence-corrected chi connectivity index (χ3v) is 7.22. The number of carbonyl (C=O) groups excluding carboxylic acids is 1. The van der Waals surface area contributed by atoms with Crippen LogP contribution in [0.25, 0.3) is 10.2 Å². The molecule has 1 aliphatic rings. The first-order valence-corrected chi connectivity index (χ1v) is 13.4. The fourth-order valence-electron chi connectivity index (χ4n) is 4.29. The van der Waals surface area contributed by atoms with Crippen molar-refractivity contribution in [1.82, 2.24) is 9.88 Å². The summed E-state index contributed by atoms with van der Waals surface area (Å²) in [5, 5.41) is 0.594. The highest BCUT2D eigenvalue weighted by Gasteiger charge is 2.25. The predicted molar refractivity (Wildman–Crippen MR) is 145 cm³/mol. The average molecular weight is 530 g/mol. The monoisotopic (exact) mass is 529 g/mol. The number of fused-ring (bicyclic) bond motifs is 1. The Morgan fingerprint density at radius 2 is 1.68 bits per heavy atom. The number of morpholine rings is 1. The van der Waals surface area contributed by atoms with Crippen molar-refractivity contribution in [3.05, 3.63) is 35.9 Å². The van der Waals surface area contributed by atoms with Crippen molar-refractivity contribution in [3.8, 4) is 23.0 Å². The highest BCUT2D eigenvalue weighted by atomic mass is 32.1. The SMILES string of the molecule is CCOc1ccc(C(=O)N(CCCN2CCOCC2)c2nc3c(OC)ccc(OC)c3s2)cc1OCC. The van der Waals surface area contributed by atoms with Gasteiger partial charge in [-0.15, -0.1) is 0 Å². The number of carbonyl (C=O) groups is 1. The van der Waals surface area contributed by atoms with Crippen LogP contribution in [0.4, 0.5) is 5.13 Å². The predicted octanol–water partition coefficient (Wildman–Crippen LogP) is 4.48. The summed E-state index contributed by atoms with van der Waals surface area (Å²) in [5.41, 5.74) is 1.19. The minimum Gasteiger partial charge on any atom is -0.495 e. The van der Waals surface area contributed by atoms with Crippen LogP contribution in [0.1, 0.15) is 30.6 Å². The van der Waals surface area contributed by atoms with Crippen LogP contribution >= 0.6 is 11.3 Å². The second-order valence-electron chi connectivity index (χ2n) is 8.44. The van der Waals surface area contributed by atoms with Gasteiger partial charge in [-0.3, -0.25) is 14.6 Å². The zero-order valence-electron chi connectivity index (χ0n) is 22.0. The molecule has 0 atom stereocenters.